The SMILES string of the molecule is CC(C)(CNc1cccc(F)c1[N+](=O)[O-])S(C)(=O)=O. The van der Waals surface area contributed by atoms with Crippen molar-refractivity contribution in [3.05, 3.63) is 34.1 Å². The molecule has 0 amide bonds. The van der Waals surface area contributed by atoms with Crippen LogP contribution >= 0.6 is 0 Å². The molecular weight excluding hydrogens is 275 g/mol. The Morgan fingerprint density at radius 1 is 1.42 bits per heavy atom. The molecule has 0 aliphatic rings. The van der Waals surface area contributed by atoms with Gasteiger partial charge in [-0.15, -0.1) is 0 Å². The van der Waals surface area contributed by atoms with Crippen molar-refractivity contribution in [3.8, 4) is 0 Å². The summed E-state index contributed by atoms with van der Waals surface area (Å²) in [5.41, 5.74) is -0.728. The van der Waals surface area contributed by atoms with Crippen LogP contribution in [0.3, 0.4) is 0 Å². The zero-order chi connectivity index (χ0) is 14.8. The molecule has 1 N–H and O–H groups in total. The van der Waals surface area contributed by atoms with Gasteiger partial charge in [0.05, 0.1) is 9.67 Å². The normalized spacial score (nSPS) is 12.2. The molecule has 1 aromatic rings. The number of nitro benzene ring substituents is 1. The van der Waals surface area contributed by atoms with Crippen LogP contribution < -0.4 is 5.32 Å². The predicted octanol–water partition coefficient (Wildman–Crippen LogP) is 1.97. The average Bonchev–Trinajstić information content (AvgIpc) is 2.24. The minimum atomic E-state index is -3.34. The van der Waals surface area contributed by atoms with E-state index in [4.69, 9.17) is 0 Å². The number of para-hydroxylation sites is 1. The van der Waals surface area contributed by atoms with Crippen molar-refractivity contribution in [1.29, 1.82) is 0 Å². The lowest BCUT2D eigenvalue weighted by atomic mass is 10.2. The number of nitrogens with zero attached hydrogens (tertiary/aromatic N) is 1. The van der Waals surface area contributed by atoms with Crippen LogP contribution in [0.1, 0.15) is 13.8 Å². The van der Waals surface area contributed by atoms with Crippen molar-refractivity contribution in [1.82, 2.24) is 0 Å². The van der Waals surface area contributed by atoms with E-state index in [1.807, 2.05) is 0 Å². The van der Waals surface area contributed by atoms with Gasteiger partial charge in [-0.2, -0.15) is 4.39 Å². The molecule has 0 aliphatic carbocycles. The van der Waals surface area contributed by atoms with E-state index in [0.717, 1.165) is 12.3 Å². The number of benzene rings is 1. The van der Waals surface area contributed by atoms with Gasteiger partial charge in [0, 0.05) is 12.8 Å². The van der Waals surface area contributed by atoms with Crippen LogP contribution in [-0.4, -0.2) is 30.9 Å². The Morgan fingerprint density at radius 3 is 2.47 bits per heavy atom. The highest BCUT2D eigenvalue weighted by Gasteiger charge is 2.31. The second kappa shape index (κ2) is 5.12. The molecular formula is C11H15FN2O4S. The number of anilines is 1. The summed E-state index contributed by atoms with van der Waals surface area (Å²) in [6.07, 6.45) is 1.08. The van der Waals surface area contributed by atoms with Gasteiger partial charge < -0.3 is 5.32 Å². The van der Waals surface area contributed by atoms with Crippen LogP contribution in [0.2, 0.25) is 0 Å². The third-order valence-electron chi connectivity index (χ3n) is 2.88. The lowest BCUT2D eigenvalue weighted by Crippen LogP contribution is -2.38. The lowest BCUT2D eigenvalue weighted by Gasteiger charge is -2.23. The highest BCUT2D eigenvalue weighted by molar-refractivity contribution is 7.92. The first-order chi connectivity index (χ1) is 8.56. The van der Waals surface area contributed by atoms with Gasteiger partial charge >= 0.3 is 5.69 Å². The first kappa shape index (κ1) is 15.4. The van der Waals surface area contributed by atoms with Crippen LogP contribution in [0.4, 0.5) is 15.8 Å². The van der Waals surface area contributed by atoms with Gasteiger partial charge in [-0.25, -0.2) is 8.42 Å². The van der Waals surface area contributed by atoms with E-state index in [0.29, 0.717) is 0 Å². The molecule has 1 rings (SSSR count). The molecule has 0 unspecified atom stereocenters. The van der Waals surface area contributed by atoms with Crippen molar-refractivity contribution >= 4 is 21.2 Å². The molecule has 19 heavy (non-hydrogen) atoms. The monoisotopic (exact) mass is 290 g/mol. The summed E-state index contributed by atoms with van der Waals surface area (Å²) in [6.45, 7) is 2.91. The van der Waals surface area contributed by atoms with Crippen molar-refractivity contribution in [2.45, 2.75) is 18.6 Å². The lowest BCUT2D eigenvalue weighted by molar-refractivity contribution is -0.386. The predicted molar refractivity (Wildman–Crippen MR) is 70.5 cm³/mol. The van der Waals surface area contributed by atoms with Gasteiger partial charge in [0.25, 0.3) is 0 Å². The number of hydrogen-bond donors (Lipinski definition) is 1. The molecule has 0 radical (unpaired) electrons. The maximum absolute atomic E-state index is 13.4. The third kappa shape index (κ3) is 3.40. The summed E-state index contributed by atoms with van der Waals surface area (Å²) in [6, 6.07) is 3.63. The number of halogens is 1. The molecule has 0 bridgehead atoms. The molecule has 0 heterocycles. The van der Waals surface area contributed by atoms with E-state index in [-0.39, 0.29) is 12.2 Å². The first-order valence-corrected chi connectivity index (χ1v) is 7.32. The maximum Gasteiger partial charge on any atom is 0.327 e. The second-order valence-electron chi connectivity index (χ2n) is 4.78. The van der Waals surface area contributed by atoms with Gasteiger partial charge in [-0.1, -0.05) is 6.07 Å². The molecule has 0 aliphatic heterocycles. The van der Waals surface area contributed by atoms with Gasteiger partial charge in [0.1, 0.15) is 5.69 Å². The largest absolute Gasteiger partial charge is 0.378 e. The number of nitro groups is 1. The fourth-order valence-electron chi connectivity index (χ4n) is 1.28. The number of rotatable bonds is 5. The molecule has 1 aromatic carbocycles. The summed E-state index contributed by atoms with van der Waals surface area (Å²) in [7, 11) is -3.34. The van der Waals surface area contributed by atoms with Gasteiger partial charge in [0.15, 0.2) is 9.84 Å². The zero-order valence-corrected chi connectivity index (χ0v) is 11.6. The van der Waals surface area contributed by atoms with Crippen molar-refractivity contribution in [3.63, 3.8) is 0 Å². The zero-order valence-electron chi connectivity index (χ0n) is 10.8. The van der Waals surface area contributed by atoms with Crippen molar-refractivity contribution in [2.75, 3.05) is 18.1 Å². The Bertz CT molecular complexity index is 599. The quantitative estimate of drug-likeness (QED) is 0.661. The maximum atomic E-state index is 13.4. The summed E-state index contributed by atoms with van der Waals surface area (Å²) in [4.78, 5) is 9.93. The Morgan fingerprint density at radius 2 is 2.00 bits per heavy atom. The van der Waals surface area contributed by atoms with E-state index >= 15 is 0 Å². The second-order valence-corrected chi connectivity index (χ2v) is 7.43. The van der Waals surface area contributed by atoms with Crippen molar-refractivity contribution < 1.29 is 17.7 Å². The van der Waals surface area contributed by atoms with Crippen LogP contribution in [0, 0.1) is 15.9 Å². The Hall–Kier alpha value is -1.70. The standard InChI is InChI=1S/C11H15FN2O4S/c1-11(2,19(3,17)18)7-13-9-6-4-5-8(12)10(9)14(15)16/h4-6,13H,7H2,1-3H3. The van der Waals surface area contributed by atoms with Gasteiger partial charge in [-0.05, 0) is 26.0 Å². The Kier molecular flexibility index (Phi) is 4.14. The van der Waals surface area contributed by atoms with E-state index in [9.17, 15) is 22.9 Å². The third-order valence-corrected chi connectivity index (χ3v) is 5.03. The van der Waals surface area contributed by atoms with Crippen LogP contribution in [0.15, 0.2) is 18.2 Å². The summed E-state index contributed by atoms with van der Waals surface area (Å²) in [5, 5.41) is 13.4. The van der Waals surface area contributed by atoms with Crippen LogP contribution in [-0.2, 0) is 9.84 Å². The average molecular weight is 290 g/mol. The minimum absolute atomic E-state index is 0.0401. The molecule has 6 nitrogen and oxygen atoms in total. The van der Waals surface area contributed by atoms with Gasteiger partial charge in [-0.3, -0.25) is 10.1 Å². The molecule has 106 valence electrons. The molecule has 0 saturated heterocycles. The highest BCUT2D eigenvalue weighted by atomic mass is 32.2. The number of hydrogen-bond acceptors (Lipinski definition) is 5. The summed E-state index contributed by atoms with van der Waals surface area (Å²) >= 11 is 0. The van der Waals surface area contributed by atoms with E-state index in [1.165, 1.54) is 26.0 Å². The number of sulfone groups is 1. The molecule has 0 saturated carbocycles. The van der Waals surface area contributed by atoms with Crippen molar-refractivity contribution in [2.24, 2.45) is 0 Å². The van der Waals surface area contributed by atoms with Gasteiger partial charge in [0.2, 0.25) is 5.82 Å². The fourth-order valence-corrected chi connectivity index (χ4v) is 1.62. The topological polar surface area (TPSA) is 89.3 Å². The minimum Gasteiger partial charge on any atom is -0.378 e. The summed E-state index contributed by atoms with van der Waals surface area (Å²) < 4.78 is 35.3. The first-order valence-electron chi connectivity index (χ1n) is 5.42. The Balaban J connectivity index is 3.03. The van der Waals surface area contributed by atoms with E-state index in [1.54, 1.807) is 0 Å². The molecule has 8 heteroatoms. The molecule has 0 aromatic heterocycles. The van der Waals surface area contributed by atoms with Crippen LogP contribution in [0.25, 0.3) is 0 Å². The van der Waals surface area contributed by atoms with E-state index in [2.05, 4.69) is 5.32 Å². The number of nitrogens with one attached hydrogen (secondary N) is 1. The Labute approximate surface area is 110 Å². The molecule has 0 fully saturated rings. The smallest absolute Gasteiger partial charge is 0.327 e. The van der Waals surface area contributed by atoms with Crippen LogP contribution in [0.5, 0.6) is 0 Å². The fraction of sp³-hybridized carbons (Fsp3) is 0.455. The summed E-state index contributed by atoms with van der Waals surface area (Å²) in [5.74, 6) is -0.966. The molecule has 0 spiro atoms. The molecule has 0 atom stereocenters. The van der Waals surface area contributed by atoms with E-state index < -0.39 is 31.0 Å². The highest BCUT2D eigenvalue weighted by Crippen LogP contribution is 2.28.